The molecule has 3 atom stereocenters. The van der Waals surface area contributed by atoms with Crippen molar-refractivity contribution in [1.82, 2.24) is 14.5 Å². The van der Waals surface area contributed by atoms with E-state index in [4.69, 9.17) is 10.7 Å². The van der Waals surface area contributed by atoms with Crippen LogP contribution in [-0.4, -0.2) is 45.3 Å². The molecule has 29 heavy (non-hydrogen) atoms. The first-order chi connectivity index (χ1) is 14.0. The fourth-order valence-electron chi connectivity index (χ4n) is 5.42. The van der Waals surface area contributed by atoms with Crippen LogP contribution in [-0.2, 0) is 12.8 Å². The van der Waals surface area contributed by atoms with Gasteiger partial charge in [-0.3, -0.25) is 0 Å². The summed E-state index contributed by atoms with van der Waals surface area (Å²) in [5.41, 5.74) is 13.0. The molecule has 0 spiro atoms. The zero-order valence-corrected chi connectivity index (χ0v) is 17.3. The SMILES string of the molecule is Cc1ccc2c(c1)nc(C)n2[C@@H]1CCN(CC2Cc3ccc(N)cc3C2)C[C@H]1O. The molecule has 1 aromatic heterocycles. The second kappa shape index (κ2) is 7.15. The molecule has 1 aliphatic heterocycles. The Morgan fingerprint density at radius 2 is 1.93 bits per heavy atom. The predicted octanol–water partition coefficient (Wildman–Crippen LogP) is 3.26. The molecule has 1 fully saturated rings. The quantitative estimate of drug-likeness (QED) is 0.674. The van der Waals surface area contributed by atoms with Crippen molar-refractivity contribution in [2.45, 2.75) is 45.3 Å². The number of β-amino-alcohol motifs (C(OH)–C–C–N with tert-alkyl or cyclic N) is 1. The van der Waals surface area contributed by atoms with E-state index in [-0.39, 0.29) is 12.1 Å². The van der Waals surface area contributed by atoms with Crippen LogP contribution in [0.1, 0.15) is 35.0 Å². The number of aliphatic hydroxyl groups excluding tert-OH is 1. The van der Waals surface area contributed by atoms with Gasteiger partial charge in [-0.1, -0.05) is 12.1 Å². The van der Waals surface area contributed by atoms with Gasteiger partial charge in [0.25, 0.3) is 0 Å². The number of anilines is 1. The third kappa shape index (κ3) is 3.43. The first-order valence-corrected chi connectivity index (χ1v) is 10.7. The highest BCUT2D eigenvalue weighted by atomic mass is 16.3. The number of nitrogens with two attached hydrogens (primary N) is 1. The Balaban J connectivity index is 1.28. The number of hydrogen-bond donors (Lipinski definition) is 2. The number of aryl methyl sites for hydroxylation is 2. The van der Waals surface area contributed by atoms with Crippen LogP contribution in [0.2, 0.25) is 0 Å². The number of rotatable bonds is 3. The van der Waals surface area contributed by atoms with Crippen LogP contribution in [0, 0.1) is 19.8 Å². The topological polar surface area (TPSA) is 67.3 Å². The summed E-state index contributed by atoms with van der Waals surface area (Å²) in [5, 5.41) is 11.0. The maximum atomic E-state index is 11.0. The Hall–Kier alpha value is -2.37. The molecule has 1 saturated heterocycles. The normalized spacial score (nSPS) is 24.9. The predicted molar refractivity (Wildman–Crippen MR) is 117 cm³/mol. The summed E-state index contributed by atoms with van der Waals surface area (Å²) in [6.07, 6.45) is 2.80. The minimum atomic E-state index is -0.374. The van der Waals surface area contributed by atoms with Gasteiger partial charge in [0.05, 0.1) is 23.2 Å². The largest absolute Gasteiger partial charge is 0.399 e. The number of fused-ring (bicyclic) bond motifs is 2. The van der Waals surface area contributed by atoms with Crippen LogP contribution in [0.15, 0.2) is 36.4 Å². The average Bonchev–Trinajstić information content (AvgIpc) is 3.20. The Labute approximate surface area is 172 Å². The maximum absolute atomic E-state index is 11.0. The van der Waals surface area contributed by atoms with Crippen molar-refractivity contribution in [1.29, 1.82) is 0 Å². The maximum Gasteiger partial charge on any atom is 0.107 e. The minimum absolute atomic E-state index is 0.0968. The standard InChI is InChI=1S/C24H30N4O/c1-15-3-6-22-21(9-15)26-16(2)28(22)23-7-8-27(14-24(23)29)13-17-10-18-4-5-20(25)12-19(18)11-17/h3-6,9,12,17,23-24,29H,7-8,10-11,13-14,25H2,1-2H3/t17?,23-,24-/m1/s1. The van der Waals surface area contributed by atoms with Gasteiger partial charge in [0, 0.05) is 25.3 Å². The van der Waals surface area contributed by atoms with Crippen molar-refractivity contribution in [3.05, 3.63) is 58.9 Å². The van der Waals surface area contributed by atoms with Gasteiger partial charge < -0.3 is 20.3 Å². The lowest BCUT2D eigenvalue weighted by Gasteiger charge is -2.38. The van der Waals surface area contributed by atoms with Gasteiger partial charge in [-0.2, -0.15) is 0 Å². The van der Waals surface area contributed by atoms with E-state index in [9.17, 15) is 5.11 Å². The summed E-state index contributed by atoms with van der Waals surface area (Å²) < 4.78 is 2.25. The minimum Gasteiger partial charge on any atom is -0.399 e. The Kier molecular flexibility index (Phi) is 4.60. The third-order valence-corrected chi connectivity index (χ3v) is 6.75. The Morgan fingerprint density at radius 1 is 1.10 bits per heavy atom. The van der Waals surface area contributed by atoms with Crippen molar-refractivity contribution in [3.63, 3.8) is 0 Å². The number of nitrogen functional groups attached to an aromatic ring is 1. The van der Waals surface area contributed by atoms with Gasteiger partial charge in [0.2, 0.25) is 0 Å². The molecule has 3 N–H and O–H groups in total. The van der Waals surface area contributed by atoms with Gasteiger partial charge in [-0.25, -0.2) is 4.98 Å². The molecule has 5 rings (SSSR count). The van der Waals surface area contributed by atoms with Crippen molar-refractivity contribution in [3.8, 4) is 0 Å². The summed E-state index contributed by atoms with van der Waals surface area (Å²) in [7, 11) is 0. The summed E-state index contributed by atoms with van der Waals surface area (Å²) in [5.74, 6) is 1.61. The van der Waals surface area contributed by atoms with Crippen molar-refractivity contribution >= 4 is 16.7 Å². The lowest BCUT2D eigenvalue weighted by Crippen LogP contribution is -2.46. The van der Waals surface area contributed by atoms with Gasteiger partial charge in [-0.15, -0.1) is 0 Å². The number of benzene rings is 2. The zero-order chi connectivity index (χ0) is 20.1. The number of aliphatic hydroxyl groups is 1. The monoisotopic (exact) mass is 390 g/mol. The van der Waals surface area contributed by atoms with Crippen LogP contribution in [0.4, 0.5) is 5.69 Å². The van der Waals surface area contributed by atoms with E-state index in [1.54, 1.807) is 0 Å². The van der Waals surface area contributed by atoms with Gasteiger partial charge >= 0.3 is 0 Å². The lowest BCUT2D eigenvalue weighted by molar-refractivity contribution is 0.0223. The smallest absolute Gasteiger partial charge is 0.107 e. The van der Waals surface area contributed by atoms with Gasteiger partial charge in [-0.05, 0) is 80.0 Å². The van der Waals surface area contributed by atoms with Crippen molar-refractivity contribution < 1.29 is 5.11 Å². The van der Waals surface area contributed by atoms with Crippen molar-refractivity contribution in [2.24, 2.45) is 5.92 Å². The van der Waals surface area contributed by atoms with Crippen LogP contribution in [0.3, 0.4) is 0 Å². The first-order valence-electron chi connectivity index (χ1n) is 10.7. The molecule has 1 aliphatic carbocycles. The second-order valence-corrected chi connectivity index (χ2v) is 9.01. The van der Waals surface area contributed by atoms with E-state index < -0.39 is 0 Å². The molecule has 5 heteroatoms. The molecule has 0 bridgehead atoms. The van der Waals surface area contributed by atoms with Crippen molar-refractivity contribution in [2.75, 3.05) is 25.4 Å². The fraction of sp³-hybridized carbons (Fsp3) is 0.458. The van der Waals surface area contributed by atoms with Crippen LogP contribution in [0.5, 0.6) is 0 Å². The Morgan fingerprint density at radius 3 is 2.76 bits per heavy atom. The van der Waals surface area contributed by atoms with E-state index in [0.29, 0.717) is 5.92 Å². The summed E-state index contributed by atoms with van der Waals surface area (Å²) in [6, 6.07) is 12.8. The molecule has 2 aliphatic rings. The van der Waals surface area contributed by atoms with Crippen LogP contribution in [0.25, 0.3) is 11.0 Å². The number of imidazole rings is 1. The van der Waals surface area contributed by atoms with E-state index in [0.717, 1.165) is 61.4 Å². The van der Waals surface area contributed by atoms with Crippen LogP contribution >= 0.6 is 0 Å². The molecular weight excluding hydrogens is 360 g/mol. The zero-order valence-electron chi connectivity index (χ0n) is 17.3. The highest BCUT2D eigenvalue weighted by molar-refractivity contribution is 5.77. The Bertz CT molecular complexity index is 1060. The molecule has 1 unspecified atom stereocenters. The molecule has 0 saturated carbocycles. The highest BCUT2D eigenvalue weighted by Gasteiger charge is 2.33. The first kappa shape index (κ1) is 18.6. The molecule has 0 amide bonds. The van der Waals surface area contributed by atoms with E-state index in [2.05, 4.69) is 53.6 Å². The molecule has 152 valence electrons. The third-order valence-electron chi connectivity index (χ3n) is 6.75. The molecular formula is C24H30N4O. The van der Waals surface area contributed by atoms with E-state index >= 15 is 0 Å². The van der Waals surface area contributed by atoms with E-state index in [1.807, 2.05) is 6.07 Å². The number of aromatic nitrogens is 2. The average molecular weight is 391 g/mol. The molecule has 2 heterocycles. The van der Waals surface area contributed by atoms with Gasteiger partial charge in [0.15, 0.2) is 0 Å². The molecule has 3 aromatic rings. The second-order valence-electron chi connectivity index (χ2n) is 9.01. The summed E-state index contributed by atoms with van der Waals surface area (Å²) in [4.78, 5) is 7.19. The molecule has 2 aromatic carbocycles. The number of nitrogens with zero attached hydrogens (tertiary/aromatic N) is 3. The van der Waals surface area contributed by atoms with Crippen LogP contribution < -0.4 is 5.73 Å². The number of piperidine rings is 1. The number of hydrogen-bond acceptors (Lipinski definition) is 4. The molecule has 5 nitrogen and oxygen atoms in total. The highest BCUT2D eigenvalue weighted by Crippen LogP contribution is 2.32. The molecule has 0 radical (unpaired) electrons. The van der Waals surface area contributed by atoms with Gasteiger partial charge in [0.1, 0.15) is 5.82 Å². The fourth-order valence-corrected chi connectivity index (χ4v) is 5.42. The number of likely N-dealkylation sites (tertiary alicyclic amines) is 1. The lowest BCUT2D eigenvalue weighted by atomic mass is 9.98. The summed E-state index contributed by atoms with van der Waals surface area (Å²) >= 11 is 0. The summed E-state index contributed by atoms with van der Waals surface area (Å²) in [6.45, 7) is 6.93. The van der Waals surface area contributed by atoms with E-state index in [1.165, 1.54) is 16.7 Å².